The monoisotopic (exact) mass is 281 g/mol. The second-order valence-electron chi connectivity index (χ2n) is 3.62. The Labute approximate surface area is 112 Å². The highest BCUT2D eigenvalue weighted by atomic mass is 35.5. The number of anilines is 1. The number of pyridine rings is 1. The van der Waals surface area contributed by atoms with Crippen LogP contribution >= 0.6 is 11.6 Å². The maximum atomic E-state index is 11.9. The molecular weight excluding hydrogens is 274 g/mol. The Morgan fingerprint density at radius 2 is 2.26 bits per heavy atom. The molecule has 2 rings (SSSR count). The fourth-order valence-corrected chi connectivity index (χ4v) is 1.57. The summed E-state index contributed by atoms with van der Waals surface area (Å²) in [6.45, 7) is 1.65. The number of aromatic amines is 1. The van der Waals surface area contributed by atoms with Crippen molar-refractivity contribution in [1.82, 2.24) is 15.2 Å². The van der Waals surface area contributed by atoms with Crippen molar-refractivity contribution >= 4 is 29.0 Å². The lowest BCUT2D eigenvalue weighted by atomic mass is 10.2. The number of carbonyl (C=O) groups is 1. The predicted octanol–water partition coefficient (Wildman–Crippen LogP) is 1.93. The van der Waals surface area contributed by atoms with Crippen LogP contribution in [0.3, 0.4) is 0 Å². The summed E-state index contributed by atoms with van der Waals surface area (Å²) in [7, 11) is 0. The summed E-state index contributed by atoms with van der Waals surface area (Å²) in [5.74, 6) is -0.757. The highest BCUT2D eigenvalue weighted by Gasteiger charge is 2.20. The number of aryl methyl sites for hydroxylation is 1. The van der Waals surface area contributed by atoms with Gasteiger partial charge in [0.15, 0.2) is 0 Å². The van der Waals surface area contributed by atoms with Gasteiger partial charge in [-0.25, -0.2) is 4.98 Å². The lowest BCUT2D eigenvalue weighted by Gasteiger charge is -2.04. The van der Waals surface area contributed by atoms with Crippen molar-refractivity contribution in [2.24, 2.45) is 0 Å². The number of carbonyl (C=O) groups excluding carboxylic acids is 1. The topological polar surface area (TPSA) is 114 Å². The number of halogens is 1. The number of hydrogen-bond donors (Lipinski definition) is 2. The first-order chi connectivity index (χ1) is 8.99. The summed E-state index contributed by atoms with van der Waals surface area (Å²) in [6.07, 6.45) is 1.32. The van der Waals surface area contributed by atoms with Crippen LogP contribution in [-0.4, -0.2) is 26.0 Å². The predicted molar refractivity (Wildman–Crippen MR) is 67.2 cm³/mol. The fourth-order valence-electron chi connectivity index (χ4n) is 1.42. The zero-order valence-corrected chi connectivity index (χ0v) is 10.4. The molecule has 2 N–H and O–H groups in total. The summed E-state index contributed by atoms with van der Waals surface area (Å²) >= 11 is 5.66. The number of aromatic nitrogens is 3. The fraction of sp³-hybridized carbons (Fsp3) is 0.100. The van der Waals surface area contributed by atoms with Gasteiger partial charge in [-0.3, -0.25) is 20.0 Å². The van der Waals surface area contributed by atoms with Crippen LogP contribution in [0.5, 0.6) is 0 Å². The lowest BCUT2D eigenvalue weighted by Crippen LogP contribution is -2.14. The van der Waals surface area contributed by atoms with Crippen LogP contribution in [-0.2, 0) is 0 Å². The molecule has 2 aromatic heterocycles. The smallest absolute Gasteiger partial charge is 0.301 e. The summed E-state index contributed by atoms with van der Waals surface area (Å²) in [5.41, 5.74) is 0.483. The van der Waals surface area contributed by atoms with Crippen molar-refractivity contribution in [3.05, 3.63) is 44.9 Å². The molecule has 0 aliphatic heterocycles. The molecule has 2 aromatic rings. The molecule has 0 saturated heterocycles. The second kappa shape index (κ2) is 5.02. The average Bonchev–Trinajstić information content (AvgIpc) is 2.75. The van der Waals surface area contributed by atoms with E-state index >= 15 is 0 Å². The van der Waals surface area contributed by atoms with Gasteiger partial charge in [-0.1, -0.05) is 11.6 Å². The summed E-state index contributed by atoms with van der Waals surface area (Å²) in [4.78, 5) is 25.8. The number of hydrogen-bond acceptors (Lipinski definition) is 5. The van der Waals surface area contributed by atoms with Crippen molar-refractivity contribution in [2.75, 3.05) is 5.32 Å². The third-order valence-corrected chi connectivity index (χ3v) is 2.55. The van der Waals surface area contributed by atoms with Gasteiger partial charge in [-0.05, 0) is 13.0 Å². The quantitative estimate of drug-likeness (QED) is 0.507. The molecular formula is C10H8ClN5O3. The van der Waals surface area contributed by atoms with E-state index in [1.807, 2.05) is 0 Å². The van der Waals surface area contributed by atoms with Gasteiger partial charge in [0, 0.05) is 11.8 Å². The van der Waals surface area contributed by atoms with E-state index in [0.717, 1.165) is 0 Å². The maximum Gasteiger partial charge on any atom is 0.311 e. The van der Waals surface area contributed by atoms with E-state index in [0.29, 0.717) is 5.69 Å². The van der Waals surface area contributed by atoms with E-state index in [4.69, 9.17) is 11.6 Å². The van der Waals surface area contributed by atoms with Crippen LogP contribution < -0.4 is 5.32 Å². The third-order valence-electron chi connectivity index (χ3n) is 2.34. The van der Waals surface area contributed by atoms with Gasteiger partial charge in [-0.2, -0.15) is 5.10 Å². The maximum absolute atomic E-state index is 11.9. The van der Waals surface area contributed by atoms with E-state index < -0.39 is 10.8 Å². The Morgan fingerprint density at radius 1 is 1.53 bits per heavy atom. The molecule has 0 radical (unpaired) electrons. The molecule has 0 fully saturated rings. The molecule has 2 heterocycles. The SMILES string of the molecule is Cc1[nH]ncc1C(=O)Nc1nc(Cl)ccc1[N+](=O)[O-]. The molecule has 0 aliphatic rings. The van der Waals surface area contributed by atoms with Crippen molar-refractivity contribution in [3.8, 4) is 0 Å². The summed E-state index contributed by atoms with van der Waals surface area (Å²) < 4.78 is 0. The van der Waals surface area contributed by atoms with Crippen molar-refractivity contribution in [1.29, 1.82) is 0 Å². The molecule has 0 aliphatic carbocycles. The molecule has 0 aromatic carbocycles. The Balaban J connectivity index is 2.33. The Morgan fingerprint density at radius 3 is 2.84 bits per heavy atom. The number of rotatable bonds is 3. The minimum Gasteiger partial charge on any atom is -0.301 e. The first-order valence-corrected chi connectivity index (χ1v) is 5.49. The first kappa shape index (κ1) is 13.0. The van der Waals surface area contributed by atoms with Crippen molar-refractivity contribution < 1.29 is 9.72 Å². The van der Waals surface area contributed by atoms with Crippen LogP contribution in [0.25, 0.3) is 0 Å². The molecule has 98 valence electrons. The van der Waals surface area contributed by atoms with Gasteiger partial charge in [0.1, 0.15) is 5.15 Å². The van der Waals surface area contributed by atoms with Crippen LogP contribution in [0.4, 0.5) is 11.5 Å². The molecule has 0 spiro atoms. The van der Waals surface area contributed by atoms with E-state index in [-0.39, 0.29) is 22.2 Å². The van der Waals surface area contributed by atoms with Crippen molar-refractivity contribution in [2.45, 2.75) is 6.92 Å². The van der Waals surface area contributed by atoms with Gasteiger partial charge in [0.05, 0.1) is 16.7 Å². The zero-order valence-electron chi connectivity index (χ0n) is 9.68. The first-order valence-electron chi connectivity index (χ1n) is 5.11. The molecule has 1 amide bonds. The van der Waals surface area contributed by atoms with Gasteiger partial charge < -0.3 is 5.32 Å². The molecule has 0 bridgehead atoms. The second-order valence-corrected chi connectivity index (χ2v) is 4.01. The zero-order chi connectivity index (χ0) is 14.0. The molecule has 0 atom stereocenters. The lowest BCUT2D eigenvalue weighted by molar-refractivity contribution is -0.384. The van der Waals surface area contributed by atoms with Gasteiger partial charge >= 0.3 is 5.69 Å². The molecule has 19 heavy (non-hydrogen) atoms. The van der Waals surface area contributed by atoms with Gasteiger partial charge in [-0.15, -0.1) is 0 Å². The summed E-state index contributed by atoms with van der Waals surface area (Å²) in [6, 6.07) is 2.45. The average molecular weight is 282 g/mol. The minimum atomic E-state index is -0.652. The molecule has 0 unspecified atom stereocenters. The Hall–Kier alpha value is -2.48. The van der Waals surface area contributed by atoms with E-state index in [2.05, 4.69) is 20.5 Å². The third kappa shape index (κ3) is 2.68. The molecule has 8 nitrogen and oxygen atoms in total. The molecule has 9 heteroatoms. The standard InChI is InChI=1S/C10H8ClN5O3/c1-5-6(4-12-15-5)10(17)14-9-7(16(18)19)2-3-8(11)13-9/h2-4H,1H3,(H,12,15)(H,13,14,17). The van der Waals surface area contributed by atoms with E-state index in [9.17, 15) is 14.9 Å². The van der Waals surface area contributed by atoms with E-state index in [1.54, 1.807) is 6.92 Å². The largest absolute Gasteiger partial charge is 0.311 e. The minimum absolute atomic E-state index is 0.0461. The number of nitrogens with zero attached hydrogens (tertiary/aromatic N) is 3. The highest BCUT2D eigenvalue weighted by Crippen LogP contribution is 2.24. The van der Waals surface area contributed by atoms with Crippen LogP contribution in [0.2, 0.25) is 5.15 Å². The van der Waals surface area contributed by atoms with Crippen molar-refractivity contribution in [3.63, 3.8) is 0 Å². The Kier molecular flexibility index (Phi) is 3.43. The van der Waals surface area contributed by atoms with E-state index in [1.165, 1.54) is 18.3 Å². The van der Waals surface area contributed by atoms with Gasteiger partial charge in [0.25, 0.3) is 5.91 Å². The number of nitro groups is 1. The highest BCUT2D eigenvalue weighted by molar-refractivity contribution is 6.29. The Bertz CT molecular complexity index is 654. The van der Waals surface area contributed by atoms with Crippen LogP contribution in [0.15, 0.2) is 18.3 Å². The van der Waals surface area contributed by atoms with Crippen LogP contribution in [0, 0.1) is 17.0 Å². The number of nitrogens with one attached hydrogen (secondary N) is 2. The normalized spacial score (nSPS) is 10.2. The summed E-state index contributed by atoms with van der Waals surface area (Å²) in [5, 5.41) is 19.5. The number of H-pyrrole nitrogens is 1. The van der Waals surface area contributed by atoms with Crippen LogP contribution in [0.1, 0.15) is 16.1 Å². The number of amides is 1. The van der Waals surface area contributed by atoms with Gasteiger partial charge in [0.2, 0.25) is 5.82 Å². The molecule has 0 saturated carbocycles.